The summed E-state index contributed by atoms with van der Waals surface area (Å²) < 4.78 is 29.3. The van der Waals surface area contributed by atoms with Crippen molar-refractivity contribution in [3.8, 4) is 17.6 Å². The van der Waals surface area contributed by atoms with Crippen LogP contribution < -0.4 is 0 Å². The van der Waals surface area contributed by atoms with Crippen LogP contribution in [0, 0.1) is 11.3 Å². The van der Waals surface area contributed by atoms with E-state index in [9.17, 15) is 18.5 Å². The lowest BCUT2D eigenvalue weighted by Gasteiger charge is -2.34. The first kappa shape index (κ1) is 22.2. The molecule has 9 nitrogen and oxygen atoms in total. The Labute approximate surface area is 200 Å². The summed E-state index contributed by atoms with van der Waals surface area (Å²) in [7, 11) is -3.82. The normalized spacial score (nSPS) is 14.9. The highest BCUT2D eigenvalue weighted by Gasteiger charge is 2.32. The van der Waals surface area contributed by atoms with E-state index in [0.717, 1.165) is 11.0 Å². The van der Waals surface area contributed by atoms with Gasteiger partial charge in [0.2, 0.25) is 15.9 Å². The molecule has 0 atom stereocenters. The van der Waals surface area contributed by atoms with E-state index >= 15 is 0 Å². The lowest BCUT2D eigenvalue weighted by molar-refractivity contribution is -0.132. The number of rotatable bonds is 5. The maximum atomic E-state index is 13.2. The molecule has 2 aromatic heterocycles. The Balaban J connectivity index is 1.34. The highest BCUT2D eigenvalue weighted by molar-refractivity contribution is 7.89. The van der Waals surface area contributed by atoms with Crippen molar-refractivity contribution in [3.05, 3.63) is 65.0 Å². The first-order chi connectivity index (χ1) is 16.5. The fraction of sp³-hybridized carbons (Fsp3) is 0.217. The molecular formula is C23H20N6O3S2. The van der Waals surface area contributed by atoms with Crippen molar-refractivity contribution >= 4 is 38.3 Å². The quantitative estimate of drug-likeness (QED) is 0.423. The monoisotopic (exact) mass is 492 g/mol. The van der Waals surface area contributed by atoms with E-state index in [-0.39, 0.29) is 49.1 Å². The highest BCUT2D eigenvalue weighted by Crippen LogP contribution is 2.25. The van der Waals surface area contributed by atoms with Crippen molar-refractivity contribution < 1.29 is 13.2 Å². The van der Waals surface area contributed by atoms with Gasteiger partial charge in [0.1, 0.15) is 18.3 Å². The van der Waals surface area contributed by atoms with Crippen molar-refractivity contribution in [2.24, 2.45) is 0 Å². The molecule has 0 aliphatic carbocycles. The minimum absolute atomic E-state index is 0.00457. The van der Waals surface area contributed by atoms with Crippen LogP contribution in [0.2, 0.25) is 0 Å². The standard InChI is InChI=1S/C23H20N6O3S2/c24-13-17-5-1-4-8-21(17)34(31,32)28-11-9-27(10-12-28)22(30)14-29-20-7-3-2-6-18(20)26-23(29)19-15-33-16-25-19/h1-8,15-16H,9-12,14H2. The molecule has 5 rings (SSSR count). The Kier molecular flexibility index (Phi) is 5.87. The van der Waals surface area contributed by atoms with Crippen molar-refractivity contribution in [3.63, 3.8) is 0 Å². The number of hydrogen-bond donors (Lipinski definition) is 0. The predicted octanol–water partition coefficient (Wildman–Crippen LogP) is 2.56. The van der Waals surface area contributed by atoms with Gasteiger partial charge >= 0.3 is 0 Å². The molecule has 0 spiro atoms. The van der Waals surface area contributed by atoms with Crippen molar-refractivity contribution in [2.45, 2.75) is 11.4 Å². The van der Waals surface area contributed by atoms with Crippen LogP contribution in [0.3, 0.4) is 0 Å². The molecule has 0 bridgehead atoms. The van der Waals surface area contributed by atoms with E-state index in [4.69, 9.17) is 0 Å². The molecule has 0 N–H and O–H groups in total. The zero-order valence-electron chi connectivity index (χ0n) is 18.0. The lowest BCUT2D eigenvalue weighted by atomic mass is 10.2. The summed E-state index contributed by atoms with van der Waals surface area (Å²) >= 11 is 1.46. The van der Waals surface area contributed by atoms with Gasteiger partial charge in [-0.05, 0) is 24.3 Å². The number of sulfonamides is 1. The van der Waals surface area contributed by atoms with E-state index in [1.807, 2.05) is 40.3 Å². The van der Waals surface area contributed by atoms with Crippen molar-refractivity contribution in [1.82, 2.24) is 23.7 Å². The van der Waals surface area contributed by atoms with Gasteiger partial charge in [0, 0.05) is 31.6 Å². The maximum absolute atomic E-state index is 13.2. The second kappa shape index (κ2) is 8.98. The summed E-state index contributed by atoms with van der Waals surface area (Å²) in [6.07, 6.45) is 0. The van der Waals surface area contributed by atoms with Gasteiger partial charge in [0.15, 0.2) is 5.82 Å². The van der Waals surface area contributed by atoms with Gasteiger partial charge in [-0.1, -0.05) is 24.3 Å². The number of carbonyl (C=O) groups is 1. The third-order valence-corrected chi connectivity index (χ3v) is 8.37. The van der Waals surface area contributed by atoms with Crippen LogP contribution in [-0.4, -0.2) is 64.2 Å². The molecule has 0 saturated carbocycles. The lowest BCUT2D eigenvalue weighted by Crippen LogP contribution is -2.51. The molecule has 0 unspecified atom stereocenters. The van der Waals surface area contributed by atoms with Gasteiger partial charge in [-0.15, -0.1) is 11.3 Å². The van der Waals surface area contributed by atoms with Crippen LogP contribution >= 0.6 is 11.3 Å². The number of carbonyl (C=O) groups excluding carboxylic acids is 1. The van der Waals surface area contributed by atoms with E-state index in [1.165, 1.54) is 27.8 Å². The average molecular weight is 493 g/mol. The first-order valence-electron chi connectivity index (χ1n) is 10.6. The van der Waals surface area contributed by atoms with Crippen LogP contribution in [0.1, 0.15) is 5.56 Å². The molecule has 2 aromatic carbocycles. The summed E-state index contributed by atoms with van der Waals surface area (Å²) in [5.41, 5.74) is 4.17. The summed E-state index contributed by atoms with van der Waals surface area (Å²) in [5, 5.41) is 11.2. The number of fused-ring (bicyclic) bond motifs is 1. The van der Waals surface area contributed by atoms with Crippen molar-refractivity contribution in [2.75, 3.05) is 26.2 Å². The Bertz CT molecular complexity index is 1500. The van der Waals surface area contributed by atoms with Gasteiger partial charge in [0.05, 0.1) is 27.0 Å². The van der Waals surface area contributed by atoms with E-state index < -0.39 is 10.0 Å². The second-order valence-corrected chi connectivity index (χ2v) is 10.4. The molecule has 1 fully saturated rings. The molecule has 11 heteroatoms. The smallest absolute Gasteiger partial charge is 0.244 e. The molecule has 1 aliphatic rings. The molecule has 4 aromatic rings. The van der Waals surface area contributed by atoms with Crippen molar-refractivity contribution in [1.29, 1.82) is 5.26 Å². The molecule has 1 aliphatic heterocycles. The Morgan fingerprint density at radius 1 is 1.06 bits per heavy atom. The molecule has 1 saturated heterocycles. The Hall–Kier alpha value is -3.59. The topological polar surface area (TPSA) is 112 Å². The van der Waals surface area contributed by atoms with Gasteiger partial charge in [0.25, 0.3) is 0 Å². The number of aromatic nitrogens is 3. The van der Waals surface area contributed by atoms with Gasteiger partial charge in [-0.3, -0.25) is 4.79 Å². The predicted molar refractivity (Wildman–Crippen MR) is 127 cm³/mol. The number of imidazole rings is 1. The van der Waals surface area contributed by atoms with Crippen LogP contribution in [0.4, 0.5) is 0 Å². The van der Waals surface area contributed by atoms with E-state index in [2.05, 4.69) is 9.97 Å². The number of nitriles is 1. The molecule has 1 amide bonds. The number of thiazole rings is 1. The SMILES string of the molecule is N#Cc1ccccc1S(=O)(=O)N1CCN(C(=O)Cn2c(-c3cscn3)nc3ccccc32)CC1. The minimum Gasteiger partial charge on any atom is -0.339 e. The van der Waals surface area contributed by atoms with Gasteiger partial charge < -0.3 is 9.47 Å². The van der Waals surface area contributed by atoms with Gasteiger partial charge in [-0.2, -0.15) is 9.57 Å². The van der Waals surface area contributed by atoms with Gasteiger partial charge in [-0.25, -0.2) is 18.4 Å². The molecular weight excluding hydrogens is 472 g/mol. The van der Waals surface area contributed by atoms with Crippen LogP contribution in [0.5, 0.6) is 0 Å². The average Bonchev–Trinajstić information content (AvgIpc) is 3.52. The van der Waals surface area contributed by atoms with Crippen LogP contribution in [0.15, 0.2) is 64.3 Å². The van der Waals surface area contributed by atoms with Crippen LogP contribution in [0.25, 0.3) is 22.6 Å². The molecule has 172 valence electrons. The number of piperazine rings is 1. The summed E-state index contributed by atoms with van der Waals surface area (Å²) in [5.74, 6) is 0.513. The third kappa shape index (κ3) is 3.96. The molecule has 3 heterocycles. The summed E-state index contributed by atoms with van der Waals surface area (Å²) in [6, 6.07) is 15.7. The van der Waals surface area contributed by atoms with Crippen LogP contribution in [-0.2, 0) is 21.4 Å². The van der Waals surface area contributed by atoms with E-state index in [0.29, 0.717) is 11.5 Å². The number of para-hydroxylation sites is 2. The Morgan fingerprint density at radius 2 is 1.79 bits per heavy atom. The fourth-order valence-corrected chi connectivity index (χ4v) is 6.18. The number of benzene rings is 2. The highest BCUT2D eigenvalue weighted by atomic mass is 32.2. The molecule has 34 heavy (non-hydrogen) atoms. The number of nitrogens with zero attached hydrogens (tertiary/aromatic N) is 6. The zero-order valence-corrected chi connectivity index (χ0v) is 19.7. The number of hydrogen-bond acceptors (Lipinski definition) is 7. The Morgan fingerprint density at radius 3 is 2.53 bits per heavy atom. The number of amides is 1. The summed E-state index contributed by atoms with van der Waals surface area (Å²) in [4.78, 5) is 23.9. The largest absolute Gasteiger partial charge is 0.339 e. The maximum Gasteiger partial charge on any atom is 0.244 e. The zero-order chi connectivity index (χ0) is 23.7. The summed E-state index contributed by atoms with van der Waals surface area (Å²) in [6.45, 7) is 0.948. The van der Waals surface area contributed by atoms with E-state index in [1.54, 1.807) is 22.5 Å². The second-order valence-electron chi connectivity index (χ2n) is 7.78. The minimum atomic E-state index is -3.82. The first-order valence-corrected chi connectivity index (χ1v) is 13.0. The third-order valence-electron chi connectivity index (χ3n) is 5.83. The molecule has 0 radical (unpaired) electrons. The fourth-order valence-electron chi connectivity index (χ4n) is 4.09.